The number of nitrogens with one attached hydrogen (secondary N) is 2. The van der Waals surface area contributed by atoms with Gasteiger partial charge in [0.15, 0.2) is 0 Å². The first-order valence-electron chi connectivity index (χ1n) is 9.97. The van der Waals surface area contributed by atoms with Crippen molar-refractivity contribution in [2.24, 2.45) is 0 Å². The van der Waals surface area contributed by atoms with Gasteiger partial charge in [-0.05, 0) is 35.4 Å². The topological polar surface area (TPSA) is 44.9 Å². The lowest BCUT2D eigenvalue weighted by Gasteiger charge is -2.08. The van der Waals surface area contributed by atoms with Crippen LogP contribution in [-0.2, 0) is 17.6 Å². The number of amides is 1. The van der Waals surface area contributed by atoms with Gasteiger partial charge in [0, 0.05) is 41.9 Å². The lowest BCUT2D eigenvalue weighted by atomic mass is 9.96. The molecule has 144 valence electrons. The molecule has 4 rings (SSSR count). The molecule has 0 unspecified atom stereocenters. The summed E-state index contributed by atoms with van der Waals surface area (Å²) in [7, 11) is 0. The van der Waals surface area contributed by atoms with E-state index in [-0.39, 0.29) is 5.91 Å². The van der Waals surface area contributed by atoms with Crippen molar-refractivity contribution in [1.29, 1.82) is 0 Å². The fraction of sp³-hybridized carbons (Fsp3) is 0.192. The van der Waals surface area contributed by atoms with Crippen LogP contribution >= 0.6 is 0 Å². The van der Waals surface area contributed by atoms with Crippen molar-refractivity contribution in [3.05, 3.63) is 83.0 Å². The fourth-order valence-electron chi connectivity index (χ4n) is 4.00. The highest BCUT2D eigenvalue weighted by molar-refractivity contribution is 6.07. The minimum absolute atomic E-state index is 0.0100. The largest absolute Gasteiger partial charge is 0.358 e. The monoisotopic (exact) mass is 380 g/mol. The van der Waals surface area contributed by atoms with Crippen LogP contribution < -0.4 is 5.32 Å². The number of carbonyl (C=O) groups excluding carboxylic acids is 1. The van der Waals surface area contributed by atoms with E-state index in [1.807, 2.05) is 18.2 Å². The fourth-order valence-corrected chi connectivity index (χ4v) is 4.00. The summed E-state index contributed by atoms with van der Waals surface area (Å²) in [5, 5.41) is 6.58. The minimum atomic E-state index is 0.0100. The molecular weight excluding hydrogens is 356 g/mol. The highest BCUT2D eigenvalue weighted by atomic mass is 16.1. The second-order valence-electron chi connectivity index (χ2n) is 7.36. The van der Waals surface area contributed by atoms with Crippen molar-refractivity contribution in [3.8, 4) is 12.3 Å². The smallest absolute Gasteiger partial charge is 0.216 e. The van der Waals surface area contributed by atoms with Gasteiger partial charge in [0.25, 0.3) is 0 Å². The van der Waals surface area contributed by atoms with Gasteiger partial charge in [0.2, 0.25) is 5.91 Å². The molecule has 1 amide bonds. The standard InChI is InChI=1S/C26H24N2O/c1-3-19-9-4-5-11-21(19)17-24-23-15-14-20-10-6-7-12-22(20)26(23)28-25(24)13-8-16-27-18(2)29/h1,4-7,9-12,14-15,28H,8,13,16-17H2,2H3,(H,27,29). The number of aryl methyl sites for hydroxylation is 1. The Kier molecular flexibility index (Phi) is 5.35. The minimum Gasteiger partial charge on any atom is -0.358 e. The number of carbonyl (C=O) groups is 1. The van der Waals surface area contributed by atoms with Crippen molar-refractivity contribution in [2.45, 2.75) is 26.2 Å². The summed E-state index contributed by atoms with van der Waals surface area (Å²) in [6.07, 6.45) is 8.27. The first-order chi connectivity index (χ1) is 14.2. The number of rotatable bonds is 6. The maximum atomic E-state index is 11.2. The molecule has 1 aromatic heterocycles. The molecular formula is C26H24N2O. The number of fused-ring (bicyclic) bond motifs is 3. The summed E-state index contributed by atoms with van der Waals surface area (Å²) >= 11 is 0. The van der Waals surface area contributed by atoms with E-state index in [0.717, 1.165) is 30.4 Å². The Balaban J connectivity index is 1.78. The first kappa shape index (κ1) is 18.8. The highest BCUT2D eigenvalue weighted by Crippen LogP contribution is 2.32. The Labute approximate surface area is 171 Å². The molecule has 1 heterocycles. The van der Waals surface area contributed by atoms with Crippen molar-refractivity contribution < 1.29 is 4.79 Å². The molecule has 0 saturated heterocycles. The van der Waals surface area contributed by atoms with Gasteiger partial charge in [-0.2, -0.15) is 0 Å². The van der Waals surface area contributed by atoms with E-state index in [2.05, 4.69) is 58.7 Å². The van der Waals surface area contributed by atoms with Gasteiger partial charge in [-0.1, -0.05) is 60.5 Å². The van der Waals surface area contributed by atoms with Crippen LogP contribution in [0, 0.1) is 12.3 Å². The van der Waals surface area contributed by atoms with E-state index in [0.29, 0.717) is 6.54 Å². The lowest BCUT2D eigenvalue weighted by molar-refractivity contribution is -0.118. The maximum Gasteiger partial charge on any atom is 0.216 e. The van der Waals surface area contributed by atoms with Crippen LogP contribution in [0.4, 0.5) is 0 Å². The predicted molar refractivity (Wildman–Crippen MR) is 120 cm³/mol. The Bertz CT molecular complexity index is 1230. The first-order valence-corrected chi connectivity index (χ1v) is 9.97. The molecule has 0 atom stereocenters. The molecule has 3 aromatic carbocycles. The van der Waals surface area contributed by atoms with Crippen LogP contribution in [0.2, 0.25) is 0 Å². The van der Waals surface area contributed by atoms with Crippen molar-refractivity contribution in [1.82, 2.24) is 10.3 Å². The van der Waals surface area contributed by atoms with E-state index in [9.17, 15) is 4.79 Å². The van der Waals surface area contributed by atoms with E-state index < -0.39 is 0 Å². The van der Waals surface area contributed by atoms with Crippen LogP contribution in [0.1, 0.15) is 35.7 Å². The number of H-pyrrole nitrogens is 1. The van der Waals surface area contributed by atoms with Crippen molar-refractivity contribution in [3.63, 3.8) is 0 Å². The van der Waals surface area contributed by atoms with Crippen LogP contribution in [0.15, 0.2) is 60.7 Å². The molecule has 0 spiro atoms. The van der Waals surface area contributed by atoms with E-state index in [4.69, 9.17) is 6.42 Å². The number of aromatic nitrogens is 1. The van der Waals surface area contributed by atoms with E-state index in [1.54, 1.807) is 6.92 Å². The summed E-state index contributed by atoms with van der Waals surface area (Å²) in [6, 6.07) is 21.0. The van der Waals surface area contributed by atoms with Gasteiger partial charge in [0.05, 0.1) is 5.52 Å². The number of hydrogen-bond donors (Lipinski definition) is 2. The van der Waals surface area contributed by atoms with Crippen LogP contribution in [0.25, 0.3) is 21.7 Å². The summed E-state index contributed by atoms with van der Waals surface area (Å²) in [6.45, 7) is 2.23. The SMILES string of the molecule is C#Cc1ccccc1Cc1c(CCCNC(C)=O)[nH]c2c1ccc1ccccc12. The summed E-state index contributed by atoms with van der Waals surface area (Å²) in [4.78, 5) is 14.9. The zero-order valence-electron chi connectivity index (χ0n) is 16.6. The third-order valence-corrected chi connectivity index (χ3v) is 5.41. The van der Waals surface area contributed by atoms with E-state index in [1.165, 1.54) is 32.9 Å². The predicted octanol–water partition coefficient (Wildman–Crippen LogP) is 4.96. The van der Waals surface area contributed by atoms with E-state index >= 15 is 0 Å². The summed E-state index contributed by atoms with van der Waals surface area (Å²) in [5.41, 5.74) is 5.77. The number of terminal acetylenes is 1. The highest BCUT2D eigenvalue weighted by Gasteiger charge is 2.15. The average Bonchev–Trinajstić information content (AvgIpc) is 3.09. The molecule has 0 aliphatic carbocycles. The Hall–Kier alpha value is -3.51. The number of benzene rings is 3. The van der Waals surface area contributed by atoms with Gasteiger partial charge < -0.3 is 10.3 Å². The van der Waals surface area contributed by atoms with Crippen LogP contribution in [-0.4, -0.2) is 17.4 Å². The van der Waals surface area contributed by atoms with Gasteiger partial charge >= 0.3 is 0 Å². The molecule has 0 radical (unpaired) electrons. The molecule has 3 nitrogen and oxygen atoms in total. The zero-order chi connectivity index (χ0) is 20.2. The van der Waals surface area contributed by atoms with Crippen LogP contribution in [0.3, 0.4) is 0 Å². The van der Waals surface area contributed by atoms with Gasteiger partial charge in [-0.25, -0.2) is 0 Å². The van der Waals surface area contributed by atoms with Gasteiger partial charge in [-0.3, -0.25) is 4.79 Å². The molecule has 0 saturated carbocycles. The summed E-state index contributed by atoms with van der Waals surface area (Å²) in [5.74, 6) is 2.82. The third kappa shape index (κ3) is 3.88. The normalized spacial score (nSPS) is 10.9. The Morgan fingerprint density at radius 3 is 2.66 bits per heavy atom. The second kappa shape index (κ2) is 8.24. The molecule has 3 heteroatoms. The molecule has 2 N–H and O–H groups in total. The zero-order valence-corrected chi connectivity index (χ0v) is 16.6. The Morgan fingerprint density at radius 2 is 1.83 bits per heavy atom. The van der Waals surface area contributed by atoms with Crippen LogP contribution in [0.5, 0.6) is 0 Å². The number of aromatic amines is 1. The Morgan fingerprint density at radius 1 is 1.03 bits per heavy atom. The van der Waals surface area contributed by atoms with Crippen molar-refractivity contribution >= 4 is 27.6 Å². The molecule has 0 aliphatic heterocycles. The van der Waals surface area contributed by atoms with Gasteiger partial charge in [0.1, 0.15) is 0 Å². The molecule has 4 aromatic rings. The molecule has 0 bridgehead atoms. The lowest BCUT2D eigenvalue weighted by Crippen LogP contribution is -2.21. The van der Waals surface area contributed by atoms with Gasteiger partial charge in [-0.15, -0.1) is 6.42 Å². The second-order valence-corrected chi connectivity index (χ2v) is 7.36. The molecule has 0 aliphatic rings. The third-order valence-electron chi connectivity index (χ3n) is 5.41. The number of hydrogen-bond acceptors (Lipinski definition) is 1. The maximum absolute atomic E-state index is 11.2. The quantitative estimate of drug-likeness (QED) is 0.360. The summed E-state index contributed by atoms with van der Waals surface area (Å²) < 4.78 is 0. The molecule has 0 fully saturated rings. The average molecular weight is 380 g/mol. The molecule has 29 heavy (non-hydrogen) atoms. The van der Waals surface area contributed by atoms with Crippen molar-refractivity contribution in [2.75, 3.05) is 6.54 Å².